The fraction of sp³-hybridized carbons (Fsp3) is 0.600. The van der Waals surface area contributed by atoms with Crippen LogP contribution in [0.4, 0.5) is 5.69 Å². The summed E-state index contributed by atoms with van der Waals surface area (Å²) in [6.07, 6.45) is 2.91. The van der Waals surface area contributed by atoms with Crippen LogP contribution in [0.5, 0.6) is 0 Å². The Morgan fingerprint density at radius 1 is 1.33 bits per heavy atom. The minimum atomic E-state index is 0.458. The molecule has 2 heterocycles. The van der Waals surface area contributed by atoms with E-state index >= 15 is 0 Å². The number of fused-ring (bicyclic) bond motifs is 1. The van der Waals surface area contributed by atoms with Gasteiger partial charge < -0.3 is 15.0 Å². The SMILES string of the molecule is CN(CC1CCCO1)CC1CNc2ccccc21. The van der Waals surface area contributed by atoms with Crippen LogP contribution in [0.3, 0.4) is 0 Å². The summed E-state index contributed by atoms with van der Waals surface area (Å²) in [7, 11) is 2.21. The molecule has 3 heteroatoms. The van der Waals surface area contributed by atoms with Gasteiger partial charge in [-0.2, -0.15) is 0 Å². The molecular formula is C15H22N2O. The molecule has 98 valence electrons. The molecule has 1 aromatic carbocycles. The predicted molar refractivity (Wildman–Crippen MR) is 74.1 cm³/mol. The Bertz CT molecular complexity index is 401. The molecule has 3 rings (SSSR count). The van der Waals surface area contributed by atoms with Gasteiger partial charge in [-0.15, -0.1) is 0 Å². The lowest BCUT2D eigenvalue weighted by Crippen LogP contribution is -2.32. The monoisotopic (exact) mass is 246 g/mol. The zero-order valence-corrected chi connectivity index (χ0v) is 11.1. The molecule has 0 spiro atoms. The maximum Gasteiger partial charge on any atom is 0.0702 e. The van der Waals surface area contributed by atoms with Gasteiger partial charge in [-0.3, -0.25) is 0 Å². The molecule has 3 nitrogen and oxygen atoms in total. The third-order valence-corrected chi connectivity index (χ3v) is 4.01. The van der Waals surface area contributed by atoms with E-state index in [4.69, 9.17) is 4.74 Å². The van der Waals surface area contributed by atoms with Crippen molar-refractivity contribution in [2.24, 2.45) is 0 Å². The molecule has 1 fully saturated rings. The summed E-state index contributed by atoms with van der Waals surface area (Å²) in [6, 6.07) is 8.67. The third kappa shape index (κ3) is 2.52. The number of nitrogens with one attached hydrogen (secondary N) is 1. The topological polar surface area (TPSA) is 24.5 Å². The molecule has 0 radical (unpaired) electrons. The fourth-order valence-electron chi connectivity index (χ4n) is 3.11. The highest BCUT2D eigenvalue weighted by Crippen LogP contribution is 2.31. The number of hydrogen-bond donors (Lipinski definition) is 1. The average Bonchev–Trinajstić information content (AvgIpc) is 3.00. The van der Waals surface area contributed by atoms with Crippen molar-refractivity contribution in [2.45, 2.75) is 24.9 Å². The molecule has 1 aromatic rings. The molecule has 2 aliphatic heterocycles. The summed E-state index contributed by atoms with van der Waals surface area (Å²) < 4.78 is 5.70. The normalized spacial score (nSPS) is 26.3. The highest BCUT2D eigenvalue weighted by molar-refractivity contribution is 5.57. The second-order valence-electron chi connectivity index (χ2n) is 5.52. The van der Waals surface area contributed by atoms with Crippen molar-refractivity contribution in [3.05, 3.63) is 29.8 Å². The van der Waals surface area contributed by atoms with Crippen LogP contribution < -0.4 is 5.32 Å². The number of ether oxygens (including phenoxy) is 1. The molecule has 0 aromatic heterocycles. The minimum Gasteiger partial charge on any atom is -0.384 e. The first-order chi connectivity index (χ1) is 8.83. The molecule has 2 aliphatic rings. The molecule has 0 bridgehead atoms. The standard InChI is InChI=1S/C15H22N2O/c1-17(11-13-5-4-8-18-13)10-12-9-16-15-7-3-2-6-14(12)15/h2-3,6-7,12-13,16H,4-5,8-11H2,1H3. The molecule has 18 heavy (non-hydrogen) atoms. The average molecular weight is 246 g/mol. The summed E-state index contributed by atoms with van der Waals surface area (Å²) in [5, 5.41) is 3.49. The van der Waals surface area contributed by atoms with Crippen molar-refractivity contribution >= 4 is 5.69 Å². The third-order valence-electron chi connectivity index (χ3n) is 4.01. The lowest BCUT2D eigenvalue weighted by atomic mass is 10.0. The van der Waals surface area contributed by atoms with E-state index < -0.39 is 0 Å². The quantitative estimate of drug-likeness (QED) is 0.882. The first-order valence-electron chi connectivity index (χ1n) is 6.96. The van der Waals surface area contributed by atoms with Gasteiger partial charge in [-0.1, -0.05) is 18.2 Å². The summed E-state index contributed by atoms with van der Waals surface area (Å²) >= 11 is 0. The van der Waals surface area contributed by atoms with Crippen LogP contribution >= 0.6 is 0 Å². The zero-order chi connectivity index (χ0) is 12.4. The Balaban J connectivity index is 1.57. The van der Waals surface area contributed by atoms with Gasteiger partial charge in [0, 0.05) is 37.8 Å². The van der Waals surface area contributed by atoms with Crippen molar-refractivity contribution in [1.82, 2.24) is 4.90 Å². The summed E-state index contributed by atoms with van der Waals surface area (Å²) in [5.41, 5.74) is 2.78. The van der Waals surface area contributed by atoms with Gasteiger partial charge in [0.25, 0.3) is 0 Å². The van der Waals surface area contributed by atoms with Crippen LogP contribution in [0.2, 0.25) is 0 Å². The molecule has 2 atom stereocenters. The van der Waals surface area contributed by atoms with Crippen molar-refractivity contribution in [1.29, 1.82) is 0 Å². The van der Waals surface area contributed by atoms with E-state index in [0.717, 1.165) is 26.2 Å². The molecule has 2 unspecified atom stereocenters. The van der Waals surface area contributed by atoms with Crippen molar-refractivity contribution in [3.63, 3.8) is 0 Å². The van der Waals surface area contributed by atoms with E-state index in [2.05, 4.69) is 41.5 Å². The van der Waals surface area contributed by atoms with E-state index in [0.29, 0.717) is 12.0 Å². The maximum absolute atomic E-state index is 5.70. The number of para-hydroxylation sites is 1. The number of nitrogens with zero attached hydrogens (tertiary/aromatic N) is 1. The largest absolute Gasteiger partial charge is 0.384 e. The van der Waals surface area contributed by atoms with Crippen LogP contribution in [0.15, 0.2) is 24.3 Å². The first kappa shape index (κ1) is 12.0. The Kier molecular flexibility index (Phi) is 3.52. The van der Waals surface area contributed by atoms with Gasteiger partial charge in [0.2, 0.25) is 0 Å². The number of benzene rings is 1. The van der Waals surface area contributed by atoms with Gasteiger partial charge >= 0.3 is 0 Å². The summed E-state index contributed by atoms with van der Waals surface area (Å²) in [5.74, 6) is 0.618. The van der Waals surface area contributed by atoms with Gasteiger partial charge in [-0.25, -0.2) is 0 Å². The summed E-state index contributed by atoms with van der Waals surface area (Å²) in [4.78, 5) is 2.42. The van der Waals surface area contributed by atoms with Crippen LogP contribution in [-0.4, -0.2) is 44.3 Å². The van der Waals surface area contributed by atoms with Crippen molar-refractivity contribution in [2.75, 3.05) is 38.6 Å². The van der Waals surface area contributed by atoms with Crippen LogP contribution in [-0.2, 0) is 4.74 Å². The molecule has 0 amide bonds. The van der Waals surface area contributed by atoms with E-state index in [-0.39, 0.29) is 0 Å². The van der Waals surface area contributed by atoms with Gasteiger partial charge in [0.15, 0.2) is 0 Å². The highest BCUT2D eigenvalue weighted by Gasteiger charge is 2.24. The second kappa shape index (κ2) is 5.29. The fourth-order valence-corrected chi connectivity index (χ4v) is 3.11. The van der Waals surface area contributed by atoms with Gasteiger partial charge in [-0.05, 0) is 31.5 Å². The Morgan fingerprint density at radius 2 is 2.22 bits per heavy atom. The van der Waals surface area contributed by atoms with E-state index in [1.807, 2.05) is 0 Å². The van der Waals surface area contributed by atoms with Gasteiger partial charge in [0.05, 0.1) is 6.10 Å². The number of anilines is 1. The van der Waals surface area contributed by atoms with Crippen LogP contribution in [0.25, 0.3) is 0 Å². The molecule has 1 saturated heterocycles. The van der Waals surface area contributed by atoms with E-state index in [1.165, 1.54) is 24.1 Å². The molecule has 1 N–H and O–H groups in total. The molecule has 0 aliphatic carbocycles. The number of likely N-dealkylation sites (N-methyl/N-ethyl adjacent to an activating group) is 1. The molecular weight excluding hydrogens is 224 g/mol. The van der Waals surface area contributed by atoms with Gasteiger partial charge in [0.1, 0.15) is 0 Å². The van der Waals surface area contributed by atoms with Crippen molar-refractivity contribution in [3.8, 4) is 0 Å². The van der Waals surface area contributed by atoms with Crippen LogP contribution in [0, 0.1) is 0 Å². The predicted octanol–water partition coefficient (Wildman–Crippen LogP) is 2.31. The Hall–Kier alpha value is -1.06. The number of hydrogen-bond acceptors (Lipinski definition) is 3. The Morgan fingerprint density at radius 3 is 3.06 bits per heavy atom. The smallest absolute Gasteiger partial charge is 0.0702 e. The van der Waals surface area contributed by atoms with Crippen LogP contribution in [0.1, 0.15) is 24.3 Å². The maximum atomic E-state index is 5.70. The highest BCUT2D eigenvalue weighted by atomic mass is 16.5. The lowest BCUT2D eigenvalue weighted by molar-refractivity contribution is 0.0799. The van der Waals surface area contributed by atoms with Crippen molar-refractivity contribution < 1.29 is 4.74 Å². The second-order valence-corrected chi connectivity index (χ2v) is 5.52. The zero-order valence-electron chi connectivity index (χ0n) is 11.1. The molecule has 0 saturated carbocycles. The van der Waals surface area contributed by atoms with E-state index in [9.17, 15) is 0 Å². The Labute approximate surface area is 109 Å². The number of rotatable bonds is 4. The lowest BCUT2D eigenvalue weighted by Gasteiger charge is -2.23. The summed E-state index contributed by atoms with van der Waals surface area (Å²) in [6.45, 7) is 4.20. The van der Waals surface area contributed by atoms with E-state index in [1.54, 1.807) is 0 Å². The minimum absolute atomic E-state index is 0.458. The first-order valence-corrected chi connectivity index (χ1v) is 6.96.